The first-order chi connectivity index (χ1) is 7.26. The van der Waals surface area contributed by atoms with Gasteiger partial charge < -0.3 is 10.7 Å². The van der Waals surface area contributed by atoms with Gasteiger partial charge in [-0.1, -0.05) is 6.92 Å². The van der Waals surface area contributed by atoms with Gasteiger partial charge in [-0.3, -0.25) is 0 Å². The molecule has 1 heterocycles. The molecular formula is C11H17N3S. The van der Waals surface area contributed by atoms with Crippen molar-refractivity contribution in [1.29, 1.82) is 0 Å². The van der Waals surface area contributed by atoms with E-state index in [0.29, 0.717) is 17.2 Å². The first-order valence-corrected chi connectivity index (χ1v) is 5.99. The van der Waals surface area contributed by atoms with Crippen LogP contribution in [0.1, 0.15) is 42.6 Å². The number of aromatic amines is 1. The van der Waals surface area contributed by atoms with Gasteiger partial charge in [-0.05, 0) is 55.9 Å². The number of nitrogens with two attached hydrogens (primary N) is 1. The summed E-state index contributed by atoms with van der Waals surface area (Å²) in [6, 6.07) is 0. The number of hydrogen-bond acceptors (Lipinski definition) is 3. The molecule has 0 spiro atoms. The van der Waals surface area contributed by atoms with Gasteiger partial charge in [-0.15, -0.1) is 0 Å². The summed E-state index contributed by atoms with van der Waals surface area (Å²) in [6.45, 7) is 2.84. The van der Waals surface area contributed by atoms with Crippen molar-refractivity contribution in [2.75, 3.05) is 6.54 Å². The van der Waals surface area contributed by atoms with Crippen molar-refractivity contribution in [1.82, 2.24) is 9.97 Å². The van der Waals surface area contributed by atoms with Crippen LogP contribution in [0.3, 0.4) is 0 Å². The van der Waals surface area contributed by atoms with Gasteiger partial charge in [0, 0.05) is 11.4 Å². The molecule has 4 heteroatoms. The van der Waals surface area contributed by atoms with Crippen molar-refractivity contribution < 1.29 is 0 Å². The quantitative estimate of drug-likeness (QED) is 0.755. The molecule has 0 radical (unpaired) electrons. The number of fused-ring (bicyclic) bond motifs is 1. The monoisotopic (exact) mass is 223 g/mol. The molecule has 0 amide bonds. The second kappa shape index (κ2) is 4.41. The van der Waals surface area contributed by atoms with E-state index in [2.05, 4.69) is 16.9 Å². The molecule has 2 rings (SSSR count). The van der Waals surface area contributed by atoms with Crippen LogP contribution in [0.15, 0.2) is 0 Å². The Morgan fingerprint density at radius 2 is 2.40 bits per heavy atom. The van der Waals surface area contributed by atoms with Gasteiger partial charge in [-0.2, -0.15) is 0 Å². The standard InChI is InChI=1S/C11H17N3S/c1-2-8-10-7(6-12)4-3-5-9(10)14-11(15)13-8/h7H,2-6,12H2,1H3,(H,13,14,15). The van der Waals surface area contributed by atoms with Gasteiger partial charge in [-0.25, -0.2) is 4.98 Å². The summed E-state index contributed by atoms with van der Waals surface area (Å²) in [5.41, 5.74) is 9.57. The molecule has 1 unspecified atom stereocenters. The van der Waals surface area contributed by atoms with Gasteiger partial charge in [0.2, 0.25) is 0 Å². The van der Waals surface area contributed by atoms with E-state index in [-0.39, 0.29) is 0 Å². The maximum atomic E-state index is 5.81. The fraction of sp³-hybridized carbons (Fsp3) is 0.636. The molecule has 3 N–H and O–H groups in total. The van der Waals surface area contributed by atoms with E-state index in [4.69, 9.17) is 18.0 Å². The zero-order valence-electron chi connectivity index (χ0n) is 9.05. The Bertz CT molecular complexity index is 391. The van der Waals surface area contributed by atoms with Crippen LogP contribution in [0.5, 0.6) is 0 Å². The Labute approximate surface area is 95.1 Å². The number of H-pyrrole nitrogens is 1. The van der Waals surface area contributed by atoms with Crippen LogP contribution in [-0.4, -0.2) is 16.5 Å². The molecule has 0 fully saturated rings. The Morgan fingerprint density at radius 1 is 1.60 bits per heavy atom. The van der Waals surface area contributed by atoms with Crippen molar-refractivity contribution in [3.8, 4) is 0 Å². The highest BCUT2D eigenvalue weighted by atomic mass is 32.1. The lowest BCUT2D eigenvalue weighted by molar-refractivity contribution is 0.540. The zero-order valence-corrected chi connectivity index (χ0v) is 9.86. The van der Waals surface area contributed by atoms with Gasteiger partial charge in [0.25, 0.3) is 0 Å². The maximum absolute atomic E-state index is 5.81. The Kier molecular flexibility index (Phi) is 3.17. The number of rotatable bonds is 2. The molecule has 0 aliphatic heterocycles. The van der Waals surface area contributed by atoms with E-state index < -0.39 is 0 Å². The Hall–Kier alpha value is -0.740. The second-order valence-electron chi connectivity index (χ2n) is 4.06. The molecule has 0 saturated heterocycles. The highest BCUT2D eigenvalue weighted by Gasteiger charge is 2.22. The summed E-state index contributed by atoms with van der Waals surface area (Å²) >= 11 is 5.13. The topological polar surface area (TPSA) is 54.7 Å². The molecule has 0 aromatic carbocycles. The smallest absolute Gasteiger partial charge is 0.197 e. The maximum Gasteiger partial charge on any atom is 0.197 e. The fourth-order valence-electron chi connectivity index (χ4n) is 2.44. The highest BCUT2D eigenvalue weighted by Crippen LogP contribution is 2.31. The molecule has 1 aliphatic carbocycles. The zero-order chi connectivity index (χ0) is 10.8. The summed E-state index contributed by atoms with van der Waals surface area (Å²) < 4.78 is 0.614. The average molecular weight is 223 g/mol. The number of aryl methyl sites for hydroxylation is 2. The highest BCUT2D eigenvalue weighted by molar-refractivity contribution is 7.71. The third kappa shape index (κ3) is 1.96. The van der Waals surface area contributed by atoms with Gasteiger partial charge in [0.05, 0.1) is 0 Å². The Morgan fingerprint density at radius 3 is 3.07 bits per heavy atom. The lowest BCUT2D eigenvalue weighted by atomic mass is 9.84. The number of nitrogens with one attached hydrogen (secondary N) is 1. The second-order valence-corrected chi connectivity index (χ2v) is 4.45. The van der Waals surface area contributed by atoms with Gasteiger partial charge in [0.1, 0.15) is 0 Å². The van der Waals surface area contributed by atoms with Crippen molar-refractivity contribution in [2.45, 2.75) is 38.5 Å². The Balaban J connectivity index is 2.57. The lowest BCUT2D eigenvalue weighted by Crippen LogP contribution is -2.22. The van der Waals surface area contributed by atoms with Gasteiger partial charge >= 0.3 is 0 Å². The van der Waals surface area contributed by atoms with Crippen molar-refractivity contribution in [3.05, 3.63) is 21.7 Å². The van der Waals surface area contributed by atoms with E-state index in [0.717, 1.165) is 18.5 Å². The summed E-state index contributed by atoms with van der Waals surface area (Å²) in [4.78, 5) is 7.62. The minimum absolute atomic E-state index is 0.475. The van der Waals surface area contributed by atoms with Crippen LogP contribution < -0.4 is 5.73 Å². The lowest BCUT2D eigenvalue weighted by Gasteiger charge is -2.25. The molecule has 1 aromatic rings. The fourth-order valence-corrected chi connectivity index (χ4v) is 2.67. The molecule has 0 saturated carbocycles. The van der Waals surface area contributed by atoms with Crippen LogP contribution in [0.25, 0.3) is 0 Å². The van der Waals surface area contributed by atoms with E-state index in [9.17, 15) is 0 Å². The minimum atomic E-state index is 0.475. The molecule has 15 heavy (non-hydrogen) atoms. The van der Waals surface area contributed by atoms with Crippen molar-refractivity contribution in [3.63, 3.8) is 0 Å². The molecule has 3 nitrogen and oxygen atoms in total. The van der Waals surface area contributed by atoms with E-state index in [1.165, 1.54) is 24.1 Å². The third-order valence-electron chi connectivity index (χ3n) is 3.14. The normalized spacial score (nSPS) is 20.0. The van der Waals surface area contributed by atoms with E-state index >= 15 is 0 Å². The molecule has 0 bridgehead atoms. The molecule has 82 valence electrons. The third-order valence-corrected chi connectivity index (χ3v) is 3.33. The predicted molar refractivity (Wildman–Crippen MR) is 63.5 cm³/mol. The van der Waals surface area contributed by atoms with Gasteiger partial charge in [0.15, 0.2) is 4.77 Å². The van der Waals surface area contributed by atoms with Crippen molar-refractivity contribution >= 4 is 12.2 Å². The van der Waals surface area contributed by atoms with Crippen LogP contribution in [-0.2, 0) is 12.8 Å². The SMILES string of the molecule is CCc1nc(=S)[nH]c2c1C(CN)CCC2. The van der Waals surface area contributed by atoms with Crippen LogP contribution in [0, 0.1) is 4.77 Å². The van der Waals surface area contributed by atoms with Crippen LogP contribution >= 0.6 is 12.2 Å². The summed E-state index contributed by atoms with van der Waals surface area (Å²) in [6.07, 6.45) is 4.41. The predicted octanol–water partition coefficient (Wildman–Crippen LogP) is 2.08. The molecule has 1 aromatic heterocycles. The minimum Gasteiger partial charge on any atom is -0.334 e. The summed E-state index contributed by atoms with van der Waals surface area (Å²) in [5.74, 6) is 0.475. The summed E-state index contributed by atoms with van der Waals surface area (Å²) in [7, 11) is 0. The van der Waals surface area contributed by atoms with Crippen molar-refractivity contribution in [2.24, 2.45) is 5.73 Å². The number of nitrogens with zero attached hydrogens (tertiary/aromatic N) is 1. The molecular weight excluding hydrogens is 206 g/mol. The first kappa shape index (κ1) is 10.8. The molecule has 1 atom stereocenters. The largest absolute Gasteiger partial charge is 0.334 e. The number of hydrogen-bond donors (Lipinski definition) is 2. The first-order valence-electron chi connectivity index (χ1n) is 5.58. The van der Waals surface area contributed by atoms with Crippen LogP contribution in [0.2, 0.25) is 0 Å². The van der Waals surface area contributed by atoms with Crippen LogP contribution in [0.4, 0.5) is 0 Å². The van der Waals surface area contributed by atoms with E-state index in [1.807, 2.05) is 0 Å². The van der Waals surface area contributed by atoms with E-state index in [1.54, 1.807) is 0 Å². The summed E-state index contributed by atoms with van der Waals surface area (Å²) in [5, 5.41) is 0. The number of aromatic nitrogens is 2. The molecule has 1 aliphatic rings. The average Bonchev–Trinajstić information content (AvgIpc) is 2.26.